The molecule has 1 heterocycles. The van der Waals surface area contributed by atoms with Crippen molar-refractivity contribution < 1.29 is 14.4 Å². The third-order valence-corrected chi connectivity index (χ3v) is 4.37. The Hall–Kier alpha value is -2.21. The number of unbranched alkanes of at least 4 members (excludes halogenated alkanes) is 2. The molecule has 1 saturated heterocycles. The average molecular weight is 345 g/mol. The summed E-state index contributed by atoms with van der Waals surface area (Å²) >= 11 is 0. The van der Waals surface area contributed by atoms with Crippen LogP contribution >= 0.6 is 0 Å². The van der Waals surface area contributed by atoms with Gasteiger partial charge in [0.15, 0.2) is 0 Å². The molecule has 1 fully saturated rings. The molecule has 0 saturated carbocycles. The van der Waals surface area contributed by atoms with E-state index in [1.54, 1.807) is 6.92 Å². The first kappa shape index (κ1) is 19.1. The van der Waals surface area contributed by atoms with Gasteiger partial charge in [-0.1, -0.05) is 25.5 Å². The SMILES string of the molecule is CNCc1ccc(NC(=O)CCCCCN2C(=O)CC(C)C2=O)cc1. The van der Waals surface area contributed by atoms with Gasteiger partial charge in [0.1, 0.15) is 0 Å². The summed E-state index contributed by atoms with van der Waals surface area (Å²) in [5.74, 6) is -0.331. The molecule has 0 aliphatic carbocycles. The predicted molar refractivity (Wildman–Crippen MR) is 96.8 cm³/mol. The number of benzene rings is 1. The molecular weight excluding hydrogens is 318 g/mol. The molecule has 1 aliphatic heterocycles. The minimum Gasteiger partial charge on any atom is -0.326 e. The molecule has 25 heavy (non-hydrogen) atoms. The van der Waals surface area contributed by atoms with Crippen LogP contribution in [0, 0.1) is 5.92 Å². The normalized spacial score (nSPS) is 17.2. The molecule has 6 heteroatoms. The number of carbonyl (C=O) groups is 3. The predicted octanol–water partition coefficient (Wildman–Crippen LogP) is 2.30. The number of rotatable bonds is 9. The lowest BCUT2D eigenvalue weighted by molar-refractivity contribution is -0.139. The highest BCUT2D eigenvalue weighted by Crippen LogP contribution is 2.19. The molecule has 1 atom stereocenters. The van der Waals surface area contributed by atoms with E-state index in [1.165, 1.54) is 10.5 Å². The summed E-state index contributed by atoms with van der Waals surface area (Å²) < 4.78 is 0. The zero-order valence-electron chi connectivity index (χ0n) is 15.0. The Morgan fingerprint density at radius 1 is 1.16 bits per heavy atom. The van der Waals surface area contributed by atoms with Gasteiger partial charge < -0.3 is 10.6 Å². The molecule has 1 unspecified atom stereocenters. The molecule has 0 spiro atoms. The number of amides is 3. The monoisotopic (exact) mass is 345 g/mol. The summed E-state index contributed by atoms with van der Waals surface area (Å²) in [4.78, 5) is 36.8. The molecule has 1 aromatic rings. The zero-order chi connectivity index (χ0) is 18.2. The first-order chi connectivity index (χ1) is 12.0. The van der Waals surface area contributed by atoms with Gasteiger partial charge >= 0.3 is 0 Å². The van der Waals surface area contributed by atoms with Gasteiger partial charge in [0.05, 0.1) is 0 Å². The highest BCUT2D eigenvalue weighted by atomic mass is 16.2. The minimum atomic E-state index is -0.183. The van der Waals surface area contributed by atoms with E-state index >= 15 is 0 Å². The topological polar surface area (TPSA) is 78.5 Å². The Balaban J connectivity index is 1.62. The Labute approximate surface area is 149 Å². The Bertz CT molecular complexity index is 613. The summed E-state index contributed by atoms with van der Waals surface area (Å²) in [6, 6.07) is 7.76. The van der Waals surface area contributed by atoms with Crippen LogP contribution in [0.25, 0.3) is 0 Å². The highest BCUT2D eigenvalue weighted by molar-refractivity contribution is 6.03. The van der Waals surface area contributed by atoms with Crippen LogP contribution < -0.4 is 10.6 Å². The number of nitrogens with one attached hydrogen (secondary N) is 2. The van der Waals surface area contributed by atoms with Crippen molar-refractivity contribution in [3.63, 3.8) is 0 Å². The largest absolute Gasteiger partial charge is 0.326 e. The van der Waals surface area contributed by atoms with Crippen LogP contribution in [0.4, 0.5) is 5.69 Å². The summed E-state index contributed by atoms with van der Waals surface area (Å²) in [5, 5.41) is 5.96. The molecule has 0 radical (unpaired) electrons. The number of hydrogen-bond acceptors (Lipinski definition) is 4. The summed E-state index contributed by atoms with van der Waals surface area (Å²) in [5.41, 5.74) is 1.97. The number of hydrogen-bond donors (Lipinski definition) is 2. The maximum atomic E-state index is 11.9. The van der Waals surface area contributed by atoms with E-state index in [0.717, 1.165) is 31.5 Å². The summed E-state index contributed by atoms with van der Waals surface area (Å²) in [6.07, 6.45) is 3.08. The van der Waals surface area contributed by atoms with Crippen LogP contribution in [0.15, 0.2) is 24.3 Å². The van der Waals surface area contributed by atoms with Crippen molar-refractivity contribution in [1.29, 1.82) is 0 Å². The van der Waals surface area contributed by atoms with Crippen molar-refractivity contribution in [2.24, 2.45) is 5.92 Å². The molecule has 1 aliphatic rings. The second kappa shape index (κ2) is 9.32. The van der Waals surface area contributed by atoms with E-state index in [-0.39, 0.29) is 23.6 Å². The third-order valence-electron chi connectivity index (χ3n) is 4.37. The van der Waals surface area contributed by atoms with Crippen LogP contribution in [-0.2, 0) is 20.9 Å². The lowest BCUT2D eigenvalue weighted by Gasteiger charge is -2.13. The molecule has 2 N–H and O–H groups in total. The maximum absolute atomic E-state index is 11.9. The van der Waals surface area contributed by atoms with Crippen LogP contribution in [0.2, 0.25) is 0 Å². The lowest BCUT2D eigenvalue weighted by Crippen LogP contribution is -2.31. The molecular formula is C19H27N3O3. The fraction of sp³-hybridized carbons (Fsp3) is 0.526. The van der Waals surface area contributed by atoms with Crippen molar-refractivity contribution in [3.8, 4) is 0 Å². The average Bonchev–Trinajstić information content (AvgIpc) is 2.82. The quantitative estimate of drug-likeness (QED) is 0.532. The van der Waals surface area contributed by atoms with E-state index in [2.05, 4.69) is 10.6 Å². The molecule has 0 bridgehead atoms. The van der Waals surface area contributed by atoms with E-state index in [0.29, 0.717) is 19.4 Å². The second-order valence-electron chi connectivity index (χ2n) is 6.57. The molecule has 2 rings (SSSR count). The van der Waals surface area contributed by atoms with Crippen molar-refractivity contribution >= 4 is 23.4 Å². The number of likely N-dealkylation sites (tertiary alicyclic amines) is 1. The zero-order valence-corrected chi connectivity index (χ0v) is 15.0. The van der Waals surface area contributed by atoms with Crippen LogP contribution in [-0.4, -0.2) is 36.2 Å². The molecule has 1 aromatic carbocycles. The summed E-state index contributed by atoms with van der Waals surface area (Å²) in [7, 11) is 1.89. The second-order valence-corrected chi connectivity index (χ2v) is 6.57. The molecule has 6 nitrogen and oxygen atoms in total. The van der Waals surface area contributed by atoms with E-state index in [4.69, 9.17) is 0 Å². The van der Waals surface area contributed by atoms with Crippen molar-refractivity contribution in [2.75, 3.05) is 18.9 Å². The van der Waals surface area contributed by atoms with Crippen molar-refractivity contribution in [3.05, 3.63) is 29.8 Å². The first-order valence-corrected chi connectivity index (χ1v) is 8.89. The third kappa shape index (κ3) is 5.67. The van der Waals surface area contributed by atoms with Crippen molar-refractivity contribution in [2.45, 2.75) is 45.6 Å². The molecule has 136 valence electrons. The van der Waals surface area contributed by atoms with E-state index in [9.17, 15) is 14.4 Å². The standard InChI is InChI=1S/C19H27N3O3/c1-14-12-18(24)22(19(14)25)11-5-3-4-6-17(23)21-16-9-7-15(8-10-16)13-20-2/h7-10,14,20H,3-6,11-13H2,1-2H3,(H,21,23). The number of imide groups is 1. The fourth-order valence-electron chi connectivity index (χ4n) is 2.95. The Morgan fingerprint density at radius 2 is 1.88 bits per heavy atom. The van der Waals surface area contributed by atoms with Gasteiger partial charge in [0.25, 0.3) is 0 Å². The first-order valence-electron chi connectivity index (χ1n) is 8.89. The van der Waals surface area contributed by atoms with Crippen LogP contribution in [0.1, 0.15) is 44.6 Å². The minimum absolute atomic E-state index is 0.0108. The van der Waals surface area contributed by atoms with Crippen LogP contribution in [0.5, 0.6) is 0 Å². The van der Waals surface area contributed by atoms with Gasteiger partial charge in [-0.2, -0.15) is 0 Å². The van der Waals surface area contributed by atoms with E-state index < -0.39 is 0 Å². The highest BCUT2D eigenvalue weighted by Gasteiger charge is 2.34. The van der Waals surface area contributed by atoms with Gasteiger partial charge in [-0.3, -0.25) is 19.3 Å². The number of anilines is 1. The lowest BCUT2D eigenvalue weighted by atomic mass is 10.1. The summed E-state index contributed by atoms with van der Waals surface area (Å²) in [6.45, 7) is 3.06. The van der Waals surface area contributed by atoms with Gasteiger partial charge in [-0.25, -0.2) is 0 Å². The molecule has 0 aromatic heterocycles. The van der Waals surface area contributed by atoms with Gasteiger partial charge in [-0.15, -0.1) is 0 Å². The number of carbonyl (C=O) groups excluding carboxylic acids is 3. The maximum Gasteiger partial charge on any atom is 0.232 e. The molecule has 3 amide bonds. The van der Waals surface area contributed by atoms with Crippen molar-refractivity contribution in [1.82, 2.24) is 10.2 Å². The van der Waals surface area contributed by atoms with Gasteiger partial charge in [-0.05, 0) is 37.6 Å². The van der Waals surface area contributed by atoms with Gasteiger partial charge in [0.2, 0.25) is 17.7 Å². The van der Waals surface area contributed by atoms with E-state index in [1.807, 2.05) is 31.3 Å². The van der Waals surface area contributed by atoms with Crippen LogP contribution in [0.3, 0.4) is 0 Å². The fourth-order valence-corrected chi connectivity index (χ4v) is 2.95. The van der Waals surface area contributed by atoms with Gasteiger partial charge in [0, 0.05) is 37.5 Å². The Kier molecular flexibility index (Phi) is 7.13. The smallest absolute Gasteiger partial charge is 0.232 e. The Morgan fingerprint density at radius 3 is 2.48 bits per heavy atom. The number of nitrogens with zero attached hydrogens (tertiary/aromatic N) is 1.